The molecule has 0 radical (unpaired) electrons. The zero-order valence-corrected chi connectivity index (χ0v) is 11.8. The van der Waals surface area contributed by atoms with Gasteiger partial charge in [-0.15, -0.1) is 0 Å². The van der Waals surface area contributed by atoms with Gasteiger partial charge in [-0.3, -0.25) is 9.59 Å². The van der Waals surface area contributed by atoms with Crippen molar-refractivity contribution in [3.05, 3.63) is 0 Å². The van der Waals surface area contributed by atoms with Crippen LogP contribution < -0.4 is 0 Å². The molecule has 1 saturated carbocycles. The number of nitrogens with zero attached hydrogens (tertiary/aromatic N) is 1. The highest BCUT2D eigenvalue weighted by Gasteiger charge is 2.45. The number of hydrogen-bond acceptors (Lipinski definition) is 3. The van der Waals surface area contributed by atoms with Gasteiger partial charge in [-0.25, -0.2) is 0 Å². The molecule has 0 spiro atoms. The number of carboxylic acids is 1. The number of alkyl halides is 3. The molecule has 3 atom stereocenters. The van der Waals surface area contributed by atoms with E-state index in [4.69, 9.17) is 10.2 Å². The van der Waals surface area contributed by atoms with Crippen LogP contribution in [-0.4, -0.2) is 52.9 Å². The Morgan fingerprint density at radius 2 is 1.81 bits per heavy atom. The summed E-state index contributed by atoms with van der Waals surface area (Å²) in [4.78, 5) is 24.0. The van der Waals surface area contributed by atoms with Crippen molar-refractivity contribution in [2.75, 3.05) is 19.7 Å². The molecule has 1 aliphatic carbocycles. The van der Waals surface area contributed by atoms with Gasteiger partial charge in [-0.2, -0.15) is 13.2 Å². The number of aliphatic hydroxyl groups is 1. The monoisotopic (exact) mass is 311 g/mol. The van der Waals surface area contributed by atoms with Crippen LogP contribution in [0, 0.1) is 17.8 Å². The Bertz CT molecular complexity index is 386. The summed E-state index contributed by atoms with van der Waals surface area (Å²) in [5, 5.41) is 18.0. The lowest BCUT2D eigenvalue weighted by atomic mass is 9.94. The maximum atomic E-state index is 12.5. The van der Waals surface area contributed by atoms with Crippen molar-refractivity contribution in [3.8, 4) is 0 Å². The number of carboxylic acid groups (broad SMARTS) is 1. The van der Waals surface area contributed by atoms with Gasteiger partial charge >= 0.3 is 12.1 Å². The molecular weight excluding hydrogens is 291 g/mol. The number of aliphatic hydroxyl groups excluding tert-OH is 1. The Kier molecular flexibility index (Phi) is 6.00. The molecule has 0 aromatic carbocycles. The number of hydrogen-bond donors (Lipinski definition) is 2. The third-order valence-corrected chi connectivity index (χ3v) is 3.92. The lowest BCUT2D eigenvalue weighted by Crippen LogP contribution is -2.45. The molecule has 2 N–H and O–H groups in total. The fourth-order valence-electron chi connectivity index (χ4n) is 2.86. The Morgan fingerprint density at radius 3 is 2.24 bits per heavy atom. The number of carbonyl (C=O) groups excluding carboxylic acids is 1. The van der Waals surface area contributed by atoms with Crippen LogP contribution in [0.1, 0.15) is 26.2 Å². The molecular formula is C13H20F3NO4. The predicted octanol–water partition coefficient (Wildman–Crippen LogP) is 1.51. The van der Waals surface area contributed by atoms with Gasteiger partial charge in [0.1, 0.15) is 6.54 Å². The maximum absolute atomic E-state index is 12.5. The Morgan fingerprint density at radius 1 is 1.24 bits per heavy atom. The first-order valence-electron chi connectivity index (χ1n) is 6.88. The zero-order valence-electron chi connectivity index (χ0n) is 11.8. The van der Waals surface area contributed by atoms with Crippen molar-refractivity contribution in [3.63, 3.8) is 0 Å². The zero-order chi connectivity index (χ0) is 16.2. The first-order chi connectivity index (χ1) is 9.69. The molecule has 0 aromatic rings. The largest absolute Gasteiger partial charge is 0.481 e. The minimum Gasteiger partial charge on any atom is -0.481 e. The summed E-state index contributed by atoms with van der Waals surface area (Å²) in [6, 6.07) is 0. The predicted molar refractivity (Wildman–Crippen MR) is 67.4 cm³/mol. The topological polar surface area (TPSA) is 77.8 Å². The molecule has 1 fully saturated rings. The molecule has 1 amide bonds. The smallest absolute Gasteiger partial charge is 0.406 e. The second kappa shape index (κ2) is 7.11. The summed E-state index contributed by atoms with van der Waals surface area (Å²) in [6.45, 7) is -0.648. The summed E-state index contributed by atoms with van der Waals surface area (Å²) in [5.74, 6) is -3.84. The van der Waals surface area contributed by atoms with Gasteiger partial charge in [0.15, 0.2) is 0 Å². The van der Waals surface area contributed by atoms with Gasteiger partial charge in [0.2, 0.25) is 5.91 Å². The molecule has 0 aliphatic heterocycles. The maximum Gasteiger partial charge on any atom is 0.406 e. The third kappa shape index (κ3) is 4.87. The van der Waals surface area contributed by atoms with Crippen molar-refractivity contribution in [2.24, 2.45) is 17.8 Å². The van der Waals surface area contributed by atoms with Crippen LogP contribution in [0.3, 0.4) is 0 Å². The lowest BCUT2D eigenvalue weighted by Gasteiger charge is -2.27. The van der Waals surface area contributed by atoms with Gasteiger partial charge in [-0.05, 0) is 18.8 Å². The summed E-state index contributed by atoms with van der Waals surface area (Å²) >= 11 is 0. The van der Waals surface area contributed by atoms with Crippen LogP contribution >= 0.6 is 0 Å². The fourth-order valence-corrected chi connectivity index (χ4v) is 2.86. The molecule has 21 heavy (non-hydrogen) atoms. The molecule has 0 aromatic heterocycles. The highest BCUT2D eigenvalue weighted by atomic mass is 19.4. The van der Waals surface area contributed by atoms with Crippen LogP contribution in [0.4, 0.5) is 13.2 Å². The van der Waals surface area contributed by atoms with Crippen LogP contribution in [0.2, 0.25) is 0 Å². The van der Waals surface area contributed by atoms with Crippen LogP contribution in [0.5, 0.6) is 0 Å². The summed E-state index contributed by atoms with van der Waals surface area (Å²) in [7, 11) is 0. The average molecular weight is 311 g/mol. The molecule has 0 heterocycles. The van der Waals surface area contributed by atoms with E-state index in [0.29, 0.717) is 17.7 Å². The van der Waals surface area contributed by atoms with Gasteiger partial charge < -0.3 is 15.1 Å². The normalized spacial score (nSPS) is 25.9. The van der Waals surface area contributed by atoms with E-state index in [1.165, 1.54) is 0 Å². The van der Waals surface area contributed by atoms with Crippen molar-refractivity contribution in [1.29, 1.82) is 0 Å². The van der Waals surface area contributed by atoms with Crippen LogP contribution in [0.25, 0.3) is 0 Å². The van der Waals surface area contributed by atoms with Gasteiger partial charge in [0.25, 0.3) is 0 Å². The first-order valence-corrected chi connectivity index (χ1v) is 6.88. The van der Waals surface area contributed by atoms with E-state index >= 15 is 0 Å². The van der Waals surface area contributed by atoms with Crippen molar-refractivity contribution in [2.45, 2.75) is 32.4 Å². The standard InChI is InChI=1S/C13H20F3NO4/c1-2-8-5-9(10(6-8)12(20)21)11(19)17(3-4-18)7-13(14,15)16/h8-10,18H,2-7H2,1H3,(H,20,21). The van der Waals surface area contributed by atoms with Gasteiger partial charge in [0.05, 0.1) is 18.4 Å². The minimum absolute atomic E-state index is 0.0295. The molecule has 0 saturated heterocycles. The van der Waals surface area contributed by atoms with Crippen molar-refractivity contribution < 1.29 is 33.0 Å². The van der Waals surface area contributed by atoms with Crippen molar-refractivity contribution in [1.82, 2.24) is 4.90 Å². The number of rotatable bonds is 6. The van der Waals surface area contributed by atoms with Crippen LogP contribution in [-0.2, 0) is 9.59 Å². The molecule has 3 unspecified atom stereocenters. The highest BCUT2D eigenvalue weighted by molar-refractivity contribution is 5.85. The van der Waals surface area contributed by atoms with Gasteiger partial charge in [-0.1, -0.05) is 13.3 Å². The SMILES string of the molecule is CCC1CC(C(=O)O)C(C(=O)N(CCO)CC(F)(F)F)C1. The first kappa shape index (κ1) is 17.7. The second-order valence-electron chi connectivity index (χ2n) is 5.40. The van der Waals surface area contributed by atoms with Crippen molar-refractivity contribution >= 4 is 11.9 Å². The summed E-state index contributed by atoms with van der Waals surface area (Å²) in [6.07, 6.45) is -3.30. The average Bonchev–Trinajstić information content (AvgIpc) is 2.80. The number of amides is 1. The molecule has 1 rings (SSSR count). The van der Waals surface area contributed by atoms with E-state index in [1.807, 2.05) is 6.92 Å². The summed E-state index contributed by atoms with van der Waals surface area (Å²) < 4.78 is 37.4. The fraction of sp³-hybridized carbons (Fsp3) is 0.846. The van der Waals surface area contributed by atoms with E-state index in [2.05, 4.69) is 0 Å². The molecule has 8 heteroatoms. The molecule has 122 valence electrons. The minimum atomic E-state index is -4.58. The lowest BCUT2D eigenvalue weighted by molar-refractivity contribution is -0.166. The molecule has 1 aliphatic rings. The Labute approximate surface area is 120 Å². The highest BCUT2D eigenvalue weighted by Crippen LogP contribution is 2.39. The van der Waals surface area contributed by atoms with E-state index in [-0.39, 0.29) is 12.3 Å². The number of aliphatic carboxylic acids is 1. The van der Waals surface area contributed by atoms with Gasteiger partial charge in [0, 0.05) is 6.54 Å². The molecule has 5 nitrogen and oxygen atoms in total. The van der Waals surface area contributed by atoms with E-state index in [9.17, 15) is 22.8 Å². The number of halogens is 3. The van der Waals surface area contributed by atoms with E-state index in [0.717, 1.165) is 0 Å². The van der Waals surface area contributed by atoms with E-state index in [1.54, 1.807) is 0 Å². The third-order valence-electron chi connectivity index (χ3n) is 3.92. The van der Waals surface area contributed by atoms with Crippen LogP contribution in [0.15, 0.2) is 0 Å². The van der Waals surface area contributed by atoms with E-state index < -0.39 is 49.6 Å². The Balaban J connectivity index is 2.87. The summed E-state index contributed by atoms with van der Waals surface area (Å²) in [5.41, 5.74) is 0. The quantitative estimate of drug-likeness (QED) is 0.779. The Hall–Kier alpha value is -1.31. The second-order valence-corrected chi connectivity index (χ2v) is 5.40. The molecule has 0 bridgehead atoms. The number of carbonyl (C=O) groups is 2.